The van der Waals surface area contributed by atoms with Crippen molar-refractivity contribution < 1.29 is 28.5 Å². The Morgan fingerprint density at radius 3 is 1.78 bits per heavy atom. The predicted octanol–water partition coefficient (Wildman–Crippen LogP) is 5.06. The lowest BCUT2D eigenvalue weighted by atomic mass is 10.0. The Bertz CT molecular complexity index is 1120. The van der Waals surface area contributed by atoms with Crippen LogP contribution in [-0.2, 0) is 15.6 Å². The number of aryl methyl sites for hydroxylation is 1. The molecule has 1 atom stereocenters. The van der Waals surface area contributed by atoms with Gasteiger partial charge < -0.3 is 23.7 Å². The fourth-order valence-electron chi connectivity index (χ4n) is 5.02. The maximum absolute atomic E-state index is 12.0. The molecule has 0 fully saturated rings. The van der Waals surface area contributed by atoms with Crippen LogP contribution in [0.25, 0.3) is 0 Å². The van der Waals surface area contributed by atoms with E-state index in [2.05, 4.69) is 45.0 Å². The summed E-state index contributed by atoms with van der Waals surface area (Å²) in [6.45, 7) is 6.57. The van der Waals surface area contributed by atoms with Crippen LogP contribution in [0.15, 0.2) is 72.8 Å². The van der Waals surface area contributed by atoms with Gasteiger partial charge in [0.1, 0.15) is 0 Å². The smallest absolute Gasteiger partial charge is 0.305 e. The van der Waals surface area contributed by atoms with Crippen LogP contribution in [0.5, 0.6) is 17.2 Å². The summed E-state index contributed by atoms with van der Waals surface area (Å²) in [5.41, 5.74) is 0.904. The third-order valence-corrected chi connectivity index (χ3v) is 11.8. The number of ether oxygens (including phenoxy) is 3. The Labute approximate surface area is 221 Å². The van der Waals surface area contributed by atoms with E-state index in [4.69, 9.17) is 18.6 Å². The van der Waals surface area contributed by atoms with Gasteiger partial charge in [-0.3, -0.25) is 4.79 Å². The molecule has 37 heavy (non-hydrogen) atoms. The van der Waals surface area contributed by atoms with Gasteiger partial charge in [0.15, 0.2) is 11.5 Å². The number of methoxy groups -OCH3 is 3. The second-order valence-corrected chi connectivity index (χ2v) is 14.3. The normalized spacial score (nSPS) is 12.6. The van der Waals surface area contributed by atoms with Crippen molar-refractivity contribution in [1.29, 1.82) is 0 Å². The minimum atomic E-state index is -2.91. The molecule has 0 saturated heterocycles. The summed E-state index contributed by atoms with van der Waals surface area (Å²) in [7, 11) is 1.83. The number of hydrogen-bond acceptors (Lipinski definition) is 5. The molecule has 0 aliphatic carbocycles. The molecule has 1 unspecified atom stereocenters. The molecule has 3 aromatic rings. The molecule has 198 valence electrons. The first-order valence-corrected chi connectivity index (χ1v) is 14.4. The van der Waals surface area contributed by atoms with Gasteiger partial charge in [0.2, 0.25) is 5.75 Å². The first kappa shape index (κ1) is 28.3. The fourth-order valence-corrected chi connectivity index (χ4v) is 9.73. The Balaban J connectivity index is 2.06. The van der Waals surface area contributed by atoms with Gasteiger partial charge in [0, 0.05) is 0 Å². The average molecular weight is 523 g/mol. The third-order valence-electron chi connectivity index (χ3n) is 6.68. The molecule has 0 heterocycles. The minimum absolute atomic E-state index is 0.0971. The highest BCUT2D eigenvalue weighted by molar-refractivity contribution is 6.99. The number of benzene rings is 3. The van der Waals surface area contributed by atoms with Crippen LogP contribution in [0.1, 0.15) is 39.2 Å². The molecule has 0 aliphatic rings. The molecule has 0 aliphatic heterocycles. The predicted molar refractivity (Wildman–Crippen MR) is 149 cm³/mol. The molecule has 6 nitrogen and oxygen atoms in total. The van der Waals surface area contributed by atoms with Crippen LogP contribution in [0, 0.1) is 0 Å². The summed E-state index contributed by atoms with van der Waals surface area (Å²) < 4.78 is 23.8. The molecule has 0 bridgehead atoms. The molecular weight excluding hydrogens is 484 g/mol. The summed E-state index contributed by atoms with van der Waals surface area (Å²) in [6.07, 6.45) is 0.448. The number of hydrogen-bond donors (Lipinski definition) is 1. The zero-order valence-corrected chi connectivity index (χ0v) is 23.6. The number of rotatable bonds is 12. The van der Waals surface area contributed by atoms with E-state index < -0.39 is 20.4 Å². The SMILES string of the molecule is COc1ccc(CCC(CC(=O)O)O[Si](c2ccccc2)(c2ccccc2)C(C)(C)C)c(OC)c1OC. The van der Waals surface area contributed by atoms with Crippen LogP contribution < -0.4 is 24.6 Å². The lowest BCUT2D eigenvalue weighted by Crippen LogP contribution is -2.67. The molecule has 0 amide bonds. The van der Waals surface area contributed by atoms with E-state index in [1.54, 1.807) is 21.3 Å². The van der Waals surface area contributed by atoms with E-state index in [-0.39, 0.29) is 11.5 Å². The average Bonchev–Trinajstić information content (AvgIpc) is 2.89. The number of carbonyl (C=O) groups is 1. The van der Waals surface area contributed by atoms with Gasteiger partial charge in [-0.15, -0.1) is 0 Å². The standard InChI is InChI=1S/C30H38O6Si/c1-30(2,3)37(24-13-9-7-10-14-24,25-15-11-8-12-16-25)36-23(21-27(31)32)19-17-22-18-20-26(33-4)29(35-6)28(22)34-5/h7-16,18,20,23H,17,19,21H2,1-6H3,(H,31,32). The van der Waals surface area contributed by atoms with Crippen molar-refractivity contribution in [2.24, 2.45) is 0 Å². The summed E-state index contributed by atoms with van der Waals surface area (Å²) in [5.74, 6) is 0.794. The van der Waals surface area contributed by atoms with Crippen LogP contribution in [-0.4, -0.2) is 46.8 Å². The van der Waals surface area contributed by atoms with Crippen LogP contribution >= 0.6 is 0 Å². The molecule has 3 aromatic carbocycles. The fraction of sp³-hybridized carbons (Fsp3) is 0.367. The van der Waals surface area contributed by atoms with Gasteiger partial charge in [-0.05, 0) is 39.9 Å². The van der Waals surface area contributed by atoms with E-state index in [9.17, 15) is 9.90 Å². The van der Waals surface area contributed by atoms with E-state index >= 15 is 0 Å². The van der Waals surface area contributed by atoms with Crippen molar-refractivity contribution in [3.63, 3.8) is 0 Å². The Morgan fingerprint density at radius 2 is 1.35 bits per heavy atom. The van der Waals surface area contributed by atoms with Crippen molar-refractivity contribution in [1.82, 2.24) is 0 Å². The summed E-state index contributed by atoms with van der Waals surface area (Å²) in [5, 5.41) is 11.8. The largest absolute Gasteiger partial charge is 0.493 e. The van der Waals surface area contributed by atoms with Gasteiger partial charge in [-0.25, -0.2) is 0 Å². The Kier molecular flexibility index (Phi) is 9.40. The van der Waals surface area contributed by atoms with E-state index in [0.717, 1.165) is 15.9 Å². The first-order valence-electron chi connectivity index (χ1n) is 12.5. The molecule has 0 spiro atoms. The van der Waals surface area contributed by atoms with Gasteiger partial charge >= 0.3 is 5.97 Å². The first-order chi connectivity index (χ1) is 17.7. The lowest BCUT2D eigenvalue weighted by Gasteiger charge is -2.45. The minimum Gasteiger partial charge on any atom is -0.493 e. The molecule has 1 N–H and O–H groups in total. The zero-order chi connectivity index (χ0) is 27.1. The summed E-state index contributed by atoms with van der Waals surface area (Å²) >= 11 is 0. The van der Waals surface area contributed by atoms with Crippen LogP contribution in [0.4, 0.5) is 0 Å². The van der Waals surface area contributed by atoms with Crippen molar-refractivity contribution in [3.05, 3.63) is 78.4 Å². The lowest BCUT2D eigenvalue weighted by molar-refractivity contribution is -0.139. The van der Waals surface area contributed by atoms with Crippen LogP contribution in [0.3, 0.4) is 0 Å². The molecule has 0 saturated carbocycles. The number of carboxylic acid groups (broad SMARTS) is 1. The third kappa shape index (κ3) is 6.17. The second kappa shape index (κ2) is 12.3. The Hall–Kier alpha value is -3.29. The van der Waals surface area contributed by atoms with Gasteiger partial charge in [0.05, 0.1) is 33.9 Å². The monoisotopic (exact) mass is 522 g/mol. The van der Waals surface area contributed by atoms with Crippen molar-refractivity contribution in [2.45, 2.75) is 51.2 Å². The molecule has 3 rings (SSSR count). The Morgan fingerprint density at radius 1 is 0.811 bits per heavy atom. The van der Waals surface area contributed by atoms with Crippen molar-refractivity contribution >= 4 is 24.7 Å². The zero-order valence-electron chi connectivity index (χ0n) is 22.6. The molecular formula is C30H38O6Si. The maximum atomic E-state index is 12.0. The summed E-state index contributed by atoms with van der Waals surface area (Å²) in [6, 6.07) is 24.3. The van der Waals surface area contributed by atoms with E-state index in [0.29, 0.717) is 30.1 Å². The quantitative estimate of drug-likeness (QED) is 0.335. The highest BCUT2D eigenvalue weighted by Gasteiger charge is 2.51. The maximum Gasteiger partial charge on any atom is 0.305 e. The number of carboxylic acids is 1. The van der Waals surface area contributed by atoms with Gasteiger partial charge in [0.25, 0.3) is 8.32 Å². The number of aliphatic carboxylic acids is 1. The highest BCUT2D eigenvalue weighted by atomic mass is 28.4. The molecule has 7 heteroatoms. The molecule has 0 aromatic heterocycles. The van der Waals surface area contributed by atoms with Crippen molar-refractivity contribution in [3.8, 4) is 17.2 Å². The second-order valence-electron chi connectivity index (χ2n) is 10.0. The highest BCUT2D eigenvalue weighted by Crippen LogP contribution is 2.41. The topological polar surface area (TPSA) is 74.2 Å². The van der Waals surface area contributed by atoms with Gasteiger partial charge in [-0.2, -0.15) is 0 Å². The van der Waals surface area contributed by atoms with E-state index in [1.165, 1.54) is 0 Å². The molecule has 0 radical (unpaired) electrons. The van der Waals surface area contributed by atoms with Gasteiger partial charge in [-0.1, -0.05) is 87.5 Å². The van der Waals surface area contributed by atoms with Crippen molar-refractivity contribution in [2.75, 3.05) is 21.3 Å². The van der Waals surface area contributed by atoms with Crippen LogP contribution in [0.2, 0.25) is 5.04 Å². The van der Waals surface area contributed by atoms with E-state index in [1.807, 2.05) is 48.5 Å². The summed E-state index contributed by atoms with van der Waals surface area (Å²) in [4.78, 5) is 12.0.